The van der Waals surface area contributed by atoms with Crippen molar-refractivity contribution in [3.8, 4) is 0 Å². The van der Waals surface area contributed by atoms with E-state index in [2.05, 4.69) is 10.3 Å². The lowest BCUT2D eigenvalue weighted by Crippen LogP contribution is -2.45. The number of pyridine rings is 1. The van der Waals surface area contributed by atoms with E-state index in [9.17, 15) is 9.90 Å². The Morgan fingerprint density at radius 2 is 1.96 bits per heavy atom. The Morgan fingerprint density at radius 3 is 2.64 bits per heavy atom. The minimum absolute atomic E-state index is 0.0171. The Bertz CT molecular complexity index is 655. The van der Waals surface area contributed by atoms with Crippen molar-refractivity contribution in [3.05, 3.63) is 66.0 Å². The summed E-state index contributed by atoms with van der Waals surface area (Å²) in [4.78, 5) is 18.2. The van der Waals surface area contributed by atoms with Crippen LogP contribution >= 0.6 is 0 Å². The number of rotatable bonds is 5. The zero-order valence-corrected chi connectivity index (χ0v) is 14.3. The van der Waals surface area contributed by atoms with Gasteiger partial charge in [-0.05, 0) is 42.4 Å². The number of benzene rings is 1. The highest BCUT2D eigenvalue weighted by molar-refractivity contribution is 5.74. The van der Waals surface area contributed by atoms with E-state index in [0.717, 1.165) is 30.4 Å². The average Bonchev–Trinajstić information content (AvgIpc) is 2.69. The first kappa shape index (κ1) is 17.4. The first-order valence-corrected chi connectivity index (χ1v) is 8.89. The summed E-state index contributed by atoms with van der Waals surface area (Å²) in [6, 6.07) is 13.7. The molecule has 2 N–H and O–H groups in total. The molecule has 132 valence electrons. The summed E-state index contributed by atoms with van der Waals surface area (Å²) in [5, 5.41) is 13.5. The predicted octanol–water partition coefficient (Wildman–Crippen LogP) is 2.78. The fourth-order valence-corrected chi connectivity index (χ4v) is 3.31. The zero-order chi connectivity index (χ0) is 17.5. The highest BCUT2D eigenvalue weighted by atomic mass is 16.3. The molecule has 1 saturated heterocycles. The first-order chi connectivity index (χ1) is 12.2. The topological polar surface area (TPSA) is 65.5 Å². The second-order valence-corrected chi connectivity index (χ2v) is 6.52. The number of nitrogens with one attached hydrogen (secondary N) is 1. The summed E-state index contributed by atoms with van der Waals surface area (Å²) in [5.41, 5.74) is 2.08. The Labute approximate surface area is 148 Å². The summed E-state index contributed by atoms with van der Waals surface area (Å²) >= 11 is 0. The molecule has 1 fully saturated rings. The van der Waals surface area contributed by atoms with E-state index >= 15 is 0 Å². The Morgan fingerprint density at radius 1 is 1.20 bits per heavy atom. The van der Waals surface area contributed by atoms with Crippen molar-refractivity contribution in [1.82, 2.24) is 15.2 Å². The number of hydrogen-bond donors (Lipinski definition) is 2. The maximum Gasteiger partial charge on any atom is 0.317 e. The van der Waals surface area contributed by atoms with E-state index in [1.165, 1.54) is 0 Å². The third-order valence-electron chi connectivity index (χ3n) is 4.83. The molecule has 0 aliphatic carbocycles. The predicted molar refractivity (Wildman–Crippen MR) is 97.0 cm³/mol. The number of aliphatic hydroxyl groups is 1. The maximum absolute atomic E-state index is 12.3. The molecular formula is C20H25N3O2. The molecule has 2 heterocycles. The van der Waals surface area contributed by atoms with Crippen molar-refractivity contribution in [2.24, 2.45) is 5.92 Å². The number of likely N-dealkylation sites (tertiary alicyclic amines) is 1. The van der Waals surface area contributed by atoms with Crippen LogP contribution in [-0.2, 0) is 6.42 Å². The molecule has 1 unspecified atom stereocenters. The van der Waals surface area contributed by atoms with Crippen molar-refractivity contribution in [2.45, 2.75) is 25.4 Å². The van der Waals surface area contributed by atoms with Gasteiger partial charge < -0.3 is 15.3 Å². The smallest absolute Gasteiger partial charge is 0.317 e. The van der Waals surface area contributed by atoms with E-state index in [1.807, 2.05) is 53.6 Å². The van der Waals surface area contributed by atoms with E-state index in [4.69, 9.17) is 0 Å². The van der Waals surface area contributed by atoms with Gasteiger partial charge in [-0.3, -0.25) is 4.98 Å². The van der Waals surface area contributed by atoms with Gasteiger partial charge >= 0.3 is 6.03 Å². The van der Waals surface area contributed by atoms with Crippen LogP contribution in [0, 0.1) is 5.92 Å². The Kier molecular flexibility index (Phi) is 6.01. The second kappa shape index (κ2) is 8.62. The van der Waals surface area contributed by atoms with Gasteiger partial charge in [0.15, 0.2) is 0 Å². The van der Waals surface area contributed by atoms with Crippen molar-refractivity contribution >= 4 is 6.03 Å². The van der Waals surface area contributed by atoms with Crippen molar-refractivity contribution in [3.63, 3.8) is 0 Å². The fourth-order valence-electron chi connectivity index (χ4n) is 3.31. The van der Waals surface area contributed by atoms with Crippen LogP contribution in [0.15, 0.2) is 54.9 Å². The number of aliphatic hydroxyl groups excluding tert-OH is 1. The van der Waals surface area contributed by atoms with Crippen LogP contribution < -0.4 is 5.32 Å². The summed E-state index contributed by atoms with van der Waals surface area (Å²) in [7, 11) is 0. The van der Waals surface area contributed by atoms with Gasteiger partial charge in [0.1, 0.15) is 0 Å². The molecule has 0 radical (unpaired) electrons. The van der Waals surface area contributed by atoms with Gasteiger partial charge in [-0.2, -0.15) is 0 Å². The van der Waals surface area contributed by atoms with Gasteiger partial charge in [-0.1, -0.05) is 36.4 Å². The number of urea groups is 1. The monoisotopic (exact) mass is 339 g/mol. The molecule has 1 aromatic heterocycles. The molecule has 5 heteroatoms. The average molecular weight is 339 g/mol. The molecule has 0 saturated carbocycles. The molecule has 0 spiro atoms. The van der Waals surface area contributed by atoms with Gasteiger partial charge in [-0.15, -0.1) is 0 Å². The highest BCUT2D eigenvalue weighted by Crippen LogP contribution is 2.30. The molecule has 0 bridgehead atoms. The summed E-state index contributed by atoms with van der Waals surface area (Å²) in [5.74, 6) is 0.210. The largest absolute Gasteiger partial charge is 0.388 e. The third kappa shape index (κ3) is 4.79. The molecule has 5 nitrogen and oxygen atoms in total. The molecule has 3 rings (SSSR count). The van der Waals surface area contributed by atoms with Gasteiger partial charge in [0.25, 0.3) is 0 Å². The number of carbonyl (C=O) groups is 1. The van der Waals surface area contributed by atoms with Gasteiger partial charge in [0.2, 0.25) is 0 Å². The zero-order valence-electron chi connectivity index (χ0n) is 14.3. The molecule has 1 aliphatic heterocycles. The highest BCUT2D eigenvalue weighted by Gasteiger charge is 2.28. The van der Waals surface area contributed by atoms with Crippen molar-refractivity contribution in [2.75, 3.05) is 19.6 Å². The standard InChI is InChI=1S/C20H25N3O2/c24-19(17-6-2-1-3-7-17)18-9-13-23(14-10-18)20(25)22-12-8-16-5-4-11-21-15-16/h1-7,11,15,18-19,24H,8-10,12-14H2,(H,22,25). The molecule has 1 aromatic carbocycles. The van der Waals surface area contributed by atoms with E-state index in [-0.39, 0.29) is 11.9 Å². The van der Waals surface area contributed by atoms with Gasteiger partial charge in [0, 0.05) is 32.0 Å². The minimum atomic E-state index is -0.447. The molecule has 1 atom stereocenters. The van der Waals surface area contributed by atoms with Gasteiger partial charge in [-0.25, -0.2) is 4.79 Å². The lowest BCUT2D eigenvalue weighted by Gasteiger charge is -2.34. The minimum Gasteiger partial charge on any atom is -0.388 e. The number of aromatic nitrogens is 1. The number of amides is 2. The number of hydrogen-bond acceptors (Lipinski definition) is 3. The van der Waals surface area contributed by atoms with Crippen LogP contribution in [0.1, 0.15) is 30.1 Å². The Hall–Kier alpha value is -2.40. The first-order valence-electron chi connectivity index (χ1n) is 8.89. The second-order valence-electron chi connectivity index (χ2n) is 6.52. The third-order valence-corrected chi connectivity index (χ3v) is 4.83. The number of nitrogens with zero attached hydrogens (tertiary/aromatic N) is 2. The van der Waals surface area contributed by atoms with E-state index in [1.54, 1.807) is 6.20 Å². The Balaban J connectivity index is 1.41. The maximum atomic E-state index is 12.3. The number of carbonyl (C=O) groups excluding carboxylic acids is 1. The lowest BCUT2D eigenvalue weighted by molar-refractivity contribution is 0.0666. The SMILES string of the molecule is O=C(NCCc1cccnc1)N1CCC(C(O)c2ccccc2)CC1. The van der Waals surface area contributed by atoms with Crippen molar-refractivity contribution < 1.29 is 9.90 Å². The molecule has 25 heavy (non-hydrogen) atoms. The van der Waals surface area contributed by atoms with Crippen LogP contribution in [0.2, 0.25) is 0 Å². The van der Waals surface area contributed by atoms with Crippen LogP contribution in [0.3, 0.4) is 0 Å². The van der Waals surface area contributed by atoms with E-state index in [0.29, 0.717) is 19.6 Å². The molecule has 2 amide bonds. The van der Waals surface area contributed by atoms with Gasteiger partial charge in [0.05, 0.1) is 6.10 Å². The molecule has 2 aromatic rings. The van der Waals surface area contributed by atoms with Crippen LogP contribution in [0.4, 0.5) is 4.79 Å². The van der Waals surface area contributed by atoms with Crippen LogP contribution in [0.25, 0.3) is 0 Å². The summed E-state index contributed by atoms with van der Waals surface area (Å²) in [6.07, 6.45) is 5.55. The number of piperidine rings is 1. The van der Waals surface area contributed by atoms with Crippen LogP contribution in [0.5, 0.6) is 0 Å². The molecular weight excluding hydrogens is 314 g/mol. The lowest BCUT2D eigenvalue weighted by atomic mass is 9.87. The van der Waals surface area contributed by atoms with Crippen molar-refractivity contribution in [1.29, 1.82) is 0 Å². The quantitative estimate of drug-likeness (QED) is 0.880. The summed E-state index contributed by atoms with van der Waals surface area (Å²) in [6.45, 7) is 1.98. The van der Waals surface area contributed by atoms with E-state index < -0.39 is 6.10 Å². The summed E-state index contributed by atoms with van der Waals surface area (Å²) < 4.78 is 0. The van der Waals surface area contributed by atoms with Crippen LogP contribution in [-0.4, -0.2) is 40.7 Å². The fraction of sp³-hybridized carbons (Fsp3) is 0.400. The molecule has 1 aliphatic rings. The normalized spacial score (nSPS) is 16.4.